The lowest BCUT2D eigenvalue weighted by atomic mass is 10.3. The van der Waals surface area contributed by atoms with E-state index in [0.29, 0.717) is 13.1 Å². The Hall–Kier alpha value is -0.580. The molecule has 0 unspecified atom stereocenters. The molecule has 1 rings (SSSR count). The average molecular weight is 208 g/mol. The molecule has 1 atom stereocenters. The maximum absolute atomic E-state index is 10.1. The van der Waals surface area contributed by atoms with Gasteiger partial charge < -0.3 is 10.2 Å². The third-order valence-corrected chi connectivity index (χ3v) is 1.87. The lowest BCUT2D eigenvalue weighted by Crippen LogP contribution is -2.22. The predicted molar refractivity (Wildman–Crippen MR) is 51.1 cm³/mol. The summed E-state index contributed by atoms with van der Waals surface area (Å²) in [5.41, 5.74) is 0. The molecule has 0 bridgehead atoms. The standard InChI is InChI=1S/C8H13NO3.ClH/c10-7-3-5-9(6-7)4-1-2-8(11)12;/h1-2,7,10H,3-6H2,(H,11,12);1H/t7-;/m0./s1. The first-order chi connectivity index (χ1) is 5.68. The van der Waals surface area contributed by atoms with E-state index in [1.54, 1.807) is 6.08 Å². The number of carboxylic acids is 1. The van der Waals surface area contributed by atoms with E-state index in [2.05, 4.69) is 0 Å². The normalized spacial score (nSPS) is 23.3. The number of β-amino-alcohol motifs (C(OH)–C–C–N with tert-alkyl or cyclic N) is 1. The highest BCUT2D eigenvalue weighted by Crippen LogP contribution is 2.07. The molecule has 0 aromatic heterocycles. The van der Waals surface area contributed by atoms with Crippen molar-refractivity contribution in [2.24, 2.45) is 0 Å². The third kappa shape index (κ3) is 4.87. The van der Waals surface area contributed by atoms with E-state index in [1.165, 1.54) is 0 Å². The van der Waals surface area contributed by atoms with Gasteiger partial charge in [0.2, 0.25) is 0 Å². The summed E-state index contributed by atoms with van der Waals surface area (Å²) in [7, 11) is 0. The van der Waals surface area contributed by atoms with E-state index in [-0.39, 0.29) is 18.5 Å². The number of aliphatic hydroxyl groups excluding tert-OH is 1. The van der Waals surface area contributed by atoms with Crippen LogP contribution in [0.5, 0.6) is 0 Å². The highest BCUT2D eigenvalue weighted by Gasteiger charge is 2.18. The number of carboxylic acid groups (broad SMARTS) is 1. The van der Waals surface area contributed by atoms with Gasteiger partial charge in [-0.2, -0.15) is 0 Å². The van der Waals surface area contributed by atoms with Gasteiger partial charge in [-0.15, -0.1) is 12.4 Å². The monoisotopic (exact) mass is 207 g/mol. The van der Waals surface area contributed by atoms with Crippen molar-refractivity contribution in [3.8, 4) is 0 Å². The van der Waals surface area contributed by atoms with E-state index in [4.69, 9.17) is 10.2 Å². The third-order valence-electron chi connectivity index (χ3n) is 1.87. The molecule has 0 saturated carbocycles. The van der Waals surface area contributed by atoms with Gasteiger partial charge in [0.25, 0.3) is 0 Å². The van der Waals surface area contributed by atoms with Crippen molar-refractivity contribution in [2.45, 2.75) is 12.5 Å². The van der Waals surface area contributed by atoms with Gasteiger partial charge in [-0.3, -0.25) is 4.90 Å². The molecule has 76 valence electrons. The van der Waals surface area contributed by atoms with Gasteiger partial charge in [0.1, 0.15) is 0 Å². The summed E-state index contributed by atoms with van der Waals surface area (Å²) < 4.78 is 0. The fourth-order valence-corrected chi connectivity index (χ4v) is 1.28. The van der Waals surface area contributed by atoms with E-state index >= 15 is 0 Å². The lowest BCUT2D eigenvalue weighted by molar-refractivity contribution is -0.131. The summed E-state index contributed by atoms with van der Waals surface area (Å²) in [6.07, 6.45) is 3.29. The molecule has 0 aromatic carbocycles. The maximum atomic E-state index is 10.1. The number of likely N-dealkylation sites (tertiary alicyclic amines) is 1. The van der Waals surface area contributed by atoms with Crippen molar-refractivity contribution in [1.82, 2.24) is 4.90 Å². The molecule has 0 radical (unpaired) electrons. The minimum atomic E-state index is -0.922. The number of aliphatic carboxylic acids is 1. The summed E-state index contributed by atoms with van der Waals surface area (Å²) in [5, 5.41) is 17.4. The van der Waals surface area contributed by atoms with Crippen LogP contribution in [0, 0.1) is 0 Å². The van der Waals surface area contributed by atoms with Crippen LogP contribution in [0.15, 0.2) is 12.2 Å². The van der Waals surface area contributed by atoms with E-state index < -0.39 is 5.97 Å². The first kappa shape index (κ1) is 12.4. The second kappa shape index (κ2) is 5.96. The van der Waals surface area contributed by atoms with E-state index in [1.807, 2.05) is 4.90 Å². The fraction of sp³-hybridized carbons (Fsp3) is 0.625. The molecule has 1 aliphatic rings. The Morgan fingerprint density at radius 1 is 1.62 bits per heavy atom. The highest BCUT2D eigenvalue weighted by atomic mass is 35.5. The van der Waals surface area contributed by atoms with Crippen molar-refractivity contribution in [1.29, 1.82) is 0 Å². The van der Waals surface area contributed by atoms with Crippen molar-refractivity contribution >= 4 is 18.4 Å². The van der Waals surface area contributed by atoms with Crippen LogP contribution in [0.2, 0.25) is 0 Å². The first-order valence-electron chi connectivity index (χ1n) is 3.98. The Morgan fingerprint density at radius 2 is 2.31 bits per heavy atom. The lowest BCUT2D eigenvalue weighted by Gasteiger charge is -2.10. The van der Waals surface area contributed by atoms with Crippen LogP contribution in [-0.2, 0) is 4.79 Å². The summed E-state index contributed by atoms with van der Waals surface area (Å²) in [6.45, 7) is 2.12. The molecule has 0 aliphatic carbocycles. The van der Waals surface area contributed by atoms with Crippen molar-refractivity contribution < 1.29 is 15.0 Å². The van der Waals surface area contributed by atoms with Crippen LogP contribution in [0.4, 0.5) is 0 Å². The molecular weight excluding hydrogens is 194 g/mol. The van der Waals surface area contributed by atoms with E-state index in [0.717, 1.165) is 19.0 Å². The van der Waals surface area contributed by atoms with Crippen LogP contribution in [0.25, 0.3) is 0 Å². The molecule has 4 nitrogen and oxygen atoms in total. The van der Waals surface area contributed by atoms with Crippen molar-refractivity contribution in [2.75, 3.05) is 19.6 Å². The number of rotatable bonds is 3. The largest absolute Gasteiger partial charge is 0.478 e. The van der Waals surface area contributed by atoms with Gasteiger partial charge in [-0.1, -0.05) is 6.08 Å². The van der Waals surface area contributed by atoms with Gasteiger partial charge >= 0.3 is 5.97 Å². The number of hydrogen-bond donors (Lipinski definition) is 2. The molecule has 1 aliphatic heterocycles. The number of aliphatic hydroxyl groups is 1. The number of carbonyl (C=O) groups is 1. The molecule has 13 heavy (non-hydrogen) atoms. The Kier molecular flexibility index (Phi) is 5.70. The smallest absolute Gasteiger partial charge is 0.328 e. The Balaban J connectivity index is 0.00000144. The molecule has 5 heteroatoms. The van der Waals surface area contributed by atoms with Crippen LogP contribution in [-0.4, -0.2) is 46.8 Å². The predicted octanol–water partition coefficient (Wildman–Crippen LogP) is 0.116. The average Bonchev–Trinajstić information content (AvgIpc) is 2.35. The van der Waals surface area contributed by atoms with Gasteiger partial charge in [0.15, 0.2) is 0 Å². The highest BCUT2D eigenvalue weighted by molar-refractivity contribution is 5.85. The van der Waals surface area contributed by atoms with E-state index in [9.17, 15) is 4.79 Å². The second-order valence-corrected chi connectivity index (χ2v) is 2.94. The van der Waals surface area contributed by atoms with Crippen LogP contribution >= 0.6 is 12.4 Å². The molecule has 2 N–H and O–H groups in total. The Labute approximate surface area is 83.3 Å². The van der Waals surface area contributed by atoms with Gasteiger partial charge in [-0.05, 0) is 6.42 Å². The van der Waals surface area contributed by atoms with Gasteiger partial charge in [-0.25, -0.2) is 4.79 Å². The summed E-state index contributed by atoms with van der Waals surface area (Å²) in [6, 6.07) is 0. The van der Waals surface area contributed by atoms with Crippen molar-refractivity contribution in [3.05, 3.63) is 12.2 Å². The molecule has 1 fully saturated rings. The zero-order chi connectivity index (χ0) is 8.97. The molecule has 1 heterocycles. The van der Waals surface area contributed by atoms with Crippen LogP contribution in [0.3, 0.4) is 0 Å². The molecule has 0 spiro atoms. The summed E-state index contributed by atoms with van der Waals surface area (Å²) in [4.78, 5) is 12.1. The zero-order valence-corrected chi connectivity index (χ0v) is 8.04. The molecular formula is C8H14ClNO3. The van der Waals surface area contributed by atoms with Crippen molar-refractivity contribution in [3.63, 3.8) is 0 Å². The molecule has 0 aromatic rings. The second-order valence-electron chi connectivity index (χ2n) is 2.94. The summed E-state index contributed by atoms with van der Waals surface area (Å²) >= 11 is 0. The minimum Gasteiger partial charge on any atom is -0.478 e. The first-order valence-corrected chi connectivity index (χ1v) is 3.98. The fourth-order valence-electron chi connectivity index (χ4n) is 1.28. The van der Waals surface area contributed by atoms with Crippen LogP contribution < -0.4 is 0 Å². The molecule has 0 amide bonds. The van der Waals surface area contributed by atoms with Gasteiger partial charge in [0, 0.05) is 25.7 Å². The minimum absolute atomic E-state index is 0. The Bertz CT molecular complexity index is 196. The topological polar surface area (TPSA) is 60.8 Å². The summed E-state index contributed by atoms with van der Waals surface area (Å²) in [5.74, 6) is -0.922. The van der Waals surface area contributed by atoms with Crippen LogP contribution in [0.1, 0.15) is 6.42 Å². The maximum Gasteiger partial charge on any atom is 0.328 e. The molecule has 1 saturated heterocycles. The quantitative estimate of drug-likeness (QED) is 0.646. The number of nitrogens with zero attached hydrogens (tertiary/aromatic N) is 1. The van der Waals surface area contributed by atoms with Gasteiger partial charge in [0.05, 0.1) is 6.10 Å². The number of halogens is 1. The number of hydrogen-bond acceptors (Lipinski definition) is 3. The zero-order valence-electron chi connectivity index (χ0n) is 7.22. The Morgan fingerprint density at radius 3 is 2.77 bits per heavy atom. The SMILES string of the molecule is Cl.O=C(O)C=CCN1CC[C@H](O)C1.